The van der Waals surface area contributed by atoms with Crippen molar-refractivity contribution in [2.75, 3.05) is 46.9 Å². The zero-order chi connectivity index (χ0) is 17.4. The minimum Gasteiger partial charge on any atom is -0.382 e. The number of halogens is 1. The summed E-state index contributed by atoms with van der Waals surface area (Å²) in [4.78, 5) is 18.3. The third-order valence-corrected chi connectivity index (χ3v) is 5.44. The molecule has 1 saturated heterocycles. The van der Waals surface area contributed by atoms with Crippen LogP contribution in [0.15, 0.2) is 4.99 Å². The molecule has 1 aliphatic carbocycles. The molecule has 0 unspecified atom stereocenters. The topological polar surface area (TPSA) is 66.0 Å². The minimum absolute atomic E-state index is 0. The summed E-state index contributed by atoms with van der Waals surface area (Å²) in [6.07, 6.45) is 6.49. The molecule has 0 aromatic heterocycles. The molecule has 1 saturated carbocycles. The Labute approximate surface area is 169 Å². The number of guanidine groups is 1. The van der Waals surface area contributed by atoms with Crippen molar-refractivity contribution in [1.82, 2.24) is 15.5 Å². The van der Waals surface area contributed by atoms with Crippen LogP contribution in [0.4, 0.5) is 0 Å². The van der Waals surface area contributed by atoms with Gasteiger partial charge in [-0.3, -0.25) is 9.79 Å². The van der Waals surface area contributed by atoms with Gasteiger partial charge in [-0.15, -0.1) is 24.0 Å². The number of aliphatic imine (C=N–C) groups is 1. The summed E-state index contributed by atoms with van der Waals surface area (Å²) in [6.45, 7) is 6.66. The molecule has 2 rings (SSSR count). The lowest BCUT2D eigenvalue weighted by Gasteiger charge is -2.34. The van der Waals surface area contributed by atoms with Gasteiger partial charge < -0.3 is 20.3 Å². The van der Waals surface area contributed by atoms with Gasteiger partial charge in [0, 0.05) is 53.4 Å². The van der Waals surface area contributed by atoms with Gasteiger partial charge in [-0.05, 0) is 50.4 Å². The summed E-state index contributed by atoms with van der Waals surface area (Å²) in [5, 5.41) is 6.30. The number of rotatable bonds is 8. The average molecular weight is 466 g/mol. The van der Waals surface area contributed by atoms with Crippen molar-refractivity contribution in [1.29, 1.82) is 0 Å². The second-order valence-electron chi connectivity index (χ2n) is 7.16. The van der Waals surface area contributed by atoms with Crippen LogP contribution in [0.2, 0.25) is 0 Å². The molecule has 0 radical (unpaired) electrons. The predicted molar refractivity (Wildman–Crippen MR) is 113 cm³/mol. The molecule has 0 spiro atoms. The molecule has 2 N–H and O–H groups in total. The number of nitrogens with zero attached hydrogens (tertiary/aromatic N) is 2. The van der Waals surface area contributed by atoms with Crippen LogP contribution < -0.4 is 10.6 Å². The Bertz CT molecular complexity index is 433. The Balaban J connectivity index is 0.00000312. The fourth-order valence-electron chi connectivity index (χ4n) is 3.44. The molecule has 146 valence electrons. The molecule has 7 heteroatoms. The van der Waals surface area contributed by atoms with Crippen LogP contribution in [0, 0.1) is 11.3 Å². The third-order valence-electron chi connectivity index (χ3n) is 5.44. The molecule has 2 aliphatic rings. The number of likely N-dealkylation sites (tertiary alicyclic amines) is 1. The minimum atomic E-state index is 0. The van der Waals surface area contributed by atoms with E-state index in [0.717, 1.165) is 58.1 Å². The Kier molecular flexibility index (Phi) is 10.1. The smallest absolute Gasteiger partial charge is 0.220 e. The third kappa shape index (κ3) is 7.29. The van der Waals surface area contributed by atoms with Crippen molar-refractivity contribution in [3.05, 3.63) is 0 Å². The number of piperidine rings is 1. The van der Waals surface area contributed by atoms with E-state index in [1.54, 1.807) is 7.05 Å². The van der Waals surface area contributed by atoms with Crippen LogP contribution >= 0.6 is 24.0 Å². The summed E-state index contributed by atoms with van der Waals surface area (Å²) >= 11 is 0. The second kappa shape index (κ2) is 11.2. The van der Waals surface area contributed by atoms with Gasteiger partial charge in [-0.1, -0.05) is 0 Å². The van der Waals surface area contributed by atoms with Crippen LogP contribution in [0.5, 0.6) is 0 Å². The summed E-state index contributed by atoms with van der Waals surface area (Å²) in [5.41, 5.74) is 0.419. The second-order valence-corrected chi connectivity index (χ2v) is 7.16. The van der Waals surface area contributed by atoms with E-state index in [1.165, 1.54) is 12.8 Å². The van der Waals surface area contributed by atoms with Crippen LogP contribution in [-0.2, 0) is 9.53 Å². The van der Waals surface area contributed by atoms with E-state index in [9.17, 15) is 4.79 Å². The Hall–Kier alpha value is -0.570. The first-order valence-corrected chi connectivity index (χ1v) is 9.36. The summed E-state index contributed by atoms with van der Waals surface area (Å²) in [6, 6.07) is 0. The summed E-state index contributed by atoms with van der Waals surface area (Å²) in [5.74, 6) is 1.66. The fraction of sp³-hybridized carbons (Fsp3) is 0.889. The van der Waals surface area contributed by atoms with Gasteiger partial charge in [-0.2, -0.15) is 0 Å². The van der Waals surface area contributed by atoms with E-state index in [-0.39, 0.29) is 29.9 Å². The maximum Gasteiger partial charge on any atom is 0.220 e. The number of ether oxygens (including phenoxy) is 1. The number of hydrogen-bond acceptors (Lipinski definition) is 3. The van der Waals surface area contributed by atoms with Crippen LogP contribution in [0.3, 0.4) is 0 Å². The Morgan fingerprint density at radius 3 is 2.52 bits per heavy atom. The first kappa shape index (κ1) is 22.5. The molecule has 6 nitrogen and oxygen atoms in total. The highest BCUT2D eigenvalue weighted by atomic mass is 127. The van der Waals surface area contributed by atoms with Crippen LogP contribution in [-0.4, -0.2) is 63.7 Å². The summed E-state index contributed by atoms with van der Waals surface area (Å²) in [7, 11) is 3.57. The van der Waals surface area contributed by atoms with Gasteiger partial charge in [0.05, 0.1) is 0 Å². The number of nitrogens with one attached hydrogen (secondary N) is 2. The molecule has 1 aliphatic heterocycles. The highest BCUT2D eigenvalue weighted by molar-refractivity contribution is 14.0. The standard InChI is InChI=1S/C18H34N4O2.HI/c1-4-24-12-9-18(7-8-18)14-21-17(20-3)22-10-5-15(6-11-22)13-16(23)19-2;/h15H,4-14H2,1-3H3,(H,19,23)(H,20,21);1H. The van der Waals surface area contributed by atoms with Gasteiger partial charge >= 0.3 is 0 Å². The van der Waals surface area contributed by atoms with E-state index < -0.39 is 0 Å². The van der Waals surface area contributed by atoms with Gasteiger partial charge in [0.1, 0.15) is 0 Å². The Morgan fingerprint density at radius 1 is 1.32 bits per heavy atom. The fourth-order valence-corrected chi connectivity index (χ4v) is 3.44. The van der Waals surface area contributed by atoms with Crippen molar-refractivity contribution in [2.45, 2.75) is 45.4 Å². The molecule has 0 aromatic carbocycles. The average Bonchev–Trinajstić information content (AvgIpc) is 3.37. The molecule has 0 atom stereocenters. The highest BCUT2D eigenvalue weighted by Gasteiger charge is 2.42. The molecule has 0 bridgehead atoms. The zero-order valence-corrected chi connectivity index (χ0v) is 18.3. The van der Waals surface area contributed by atoms with Crippen LogP contribution in [0.25, 0.3) is 0 Å². The van der Waals surface area contributed by atoms with Crippen molar-refractivity contribution >= 4 is 35.8 Å². The first-order chi connectivity index (χ1) is 11.6. The lowest BCUT2D eigenvalue weighted by atomic mass is 9.93. The highest BCUT2D eigenvalue weighted by Crippen LogP contribution is 2.48. The quantitative estimate of drug-likeness (QED) is 0.249. The van der Waals surface area contributed by atoms with Crippen molar-refractivity contribution in [3.63, 3.8) is 0 Å². The molecule has 1 heterocycles. The maximum absolute atomic E-state index is 11.5. The molecule has 2 fully saturated rings. The Morgan fingerprint density at radius 2 is 2.00 bits per heavy atom. The lowest BCUT2D eigenvalue weighted by molar-refractivity contribution is -0.121. The number of amides is 1. The van der Waals surface area contributed by atoms with Gasteiger partial charge in [0.25, 0.3) is 0 Å². The van der Waals surface area contributed by atoms with Gasteiger partial charge in [-0.25, -0.2) is 0 Å². The van der Waals surface area contributed by atoms with E-state index in [1.807, 2.05) is 14.0 Å². The van der Waals surface area contributed by atoms with Gasteiger partial charge in [0.2, 0.25) is 5.91 Å². The van der Waals surface area contributed by atoms with Crippen molar-refractivity contribution in [2.24, 2.45) is 16.3 Å². The van der Waals surface area contributed by atoms with Crippen molar-refractivity contribution < 1.29 is 9.53 Å². The van der Waals surface area contributed by atoms with E-state index in [4.69, 9.17) is 4.74 Å². The maximum atomic E-state index is 11.5. The van der Waals surface area contributed by atoms with E-state index in [0.29, 0.717) is 17.8 Å². The van der Waals surface area contributed by atoms with E-state index in [2.05, 4.69) is 20.5 Å². The number of carbonyl (C=O) groups is 1. The molecular formula is C18H35IN4O2. The molecular weight excluding hydrogens is 431 g/mol. The van der Waals surface area contributed by atoms with Gasteiger partial charge in [0.15, 0.2) is 5.96 Å². The molecule has 25 heavy (non-hydrogen) atoms. The predicted octanol–water partition coefficient (Wildman–Crippen LogP) is 2.23. The summed E-state index contributed by atoms with van der Waals surface area (Å²) < 4.78 is 5.51. The lowest BCUT2D eigenvalue weighted by Crippen LogP contribution is -2.47. The van der Waals surface area contributed by atoms with Crippen molar-refractivity contribution in [3.8, 4) is 0 Å². The van der Waals surface area contributed by atoms with Crippen LogP contribution in [0.1, 0.15) is 45.4 Å². The zero-order valence-electron chi connectivity index (χ0n) is 16.0. The number of hydrogen-bond donors (Lipinski definition) is 2. The monoisotopic (exact) mass is 466 g/mol. The molecule has 1 amide bonds. The first-order valence-electron chi connectivity index (χ1n) is 9.36. The normalized spacial score (nSPS) is 20.0. The SMILES string of the molecule is CCOCCC1(CNC(=NC)N2CCC(CC(=O)NC)CC2)CC1.I. The largest absolute Gasteiger partial charge is 0.382 e. The van der Waals surface area contributed by atoms with E-state index >= 15 is 0 Å². The molecule has 0 aromatic rings. The number of carbonyl (C=O) groups excluding carboxylic acids is 1.